The number of nitrogens with zero attached hydrogens (tertiary/aromatic N) is 1. The predicted molar refractivity (Wildman–Crippen MR) is 68.1 cm³/mol. The van der Waals surface area contributed by atoms with Crippen molar-refractivity contribution in [2.75, 3.05) is 0 Å². The predicted octanol–water partition coefficient (Wildman–Crippen LogP) is 3.89. The van der Waals surface area contributed by atoms with Gasteiger partial charge >= 0.3 is 0 Å². The maximum atomic E-state index is 14.0. The monoisotopic (exact) mass is 241 g/mol. The summed E-state index contributed by atoms with van der Waals surface area (Å²) in [5.74, 6) is 0.891. The molecule has 2 rings (SSSR count). The molecule has 98 valence electrons. The van der Waals surface area contributed by atoms with E-state index in [2.05, 4.69) is 11.9 Å². The van der Waals surface area contributed by atoms with Gasteiger partial charge in [-0.05, 0) is 33.1 Å². The van der Waals surface area contributed by atoms with E-state index in [1.54, 1.807) is 13.8 Å². The molecule has 0 spiro atoms. The maximum absolute atomic E-state index is 14.0. The standard InChI is InChI=1S/C14H24FNO/c1-4-5-6-7-12-16-11-9-8-10(13(11)17-12)14(2,3)15/h10-11,13H,4-9H2,1-3H3/t10-,11-,13+/m0/s1. The van der Waals surface area contributed by atoms with Crippen molar-refractivity contribution in [2.24, 2.45) is 10.9 Å². The first-order valence-electron chi connectivity index (χ1n) is 6.94. The highest BCUT2D eigenvalue weighted by Crippen LogP contribution is 2.42. The lowest BCUT2D eigenvalue weighted by Crippen LogP contribution is -2.36. The number of unbranched alkanes of at least 4 members (excludes halogenated alkanes) is 2. The van der Waals surface area contributed by atoms with Crippen LogP contribution in [-0.4, -0.2) is 23.7 Å². The average Bonchev–Trinajstić information content (AvgIpc) is 2.74. The van der Waals surface area contributed by atoms with Crippen LogP contribution in [0.5, 0.6) is 0 Å². The highest BCUT2D eigenvalue weighted by molar-refractivity contribution is 5.78. The maximum Gasteiger partial charge on any atom is 0.184 e. The van der Waals surface area contributed by atoms with Gasteiger partial charge in [0, 0.05) is 12.3 Å². The molecule has 0 aromatic heterocycles. The summed E-state index contributed by atoms with van der Waals surface area (Å²) in [6.07, 6.45) is 6.39. The van der Waals surface area contributed by atoms with Gasteiger partial charge in [0.05, 0.1) is 6.04 Å². The van der Waals surface area contributed by atoms with Crippen molar-refractivity contribution in [1.82, 2.24) is 0 Å². The second-order valence-electron chi connectivity index (χ2n) is 5.88. The zero-order valence-electron chi connectivity index (χ0n) is 11.2. The smallest absolute Gasteiger partial charge is 0.184 e. The average molecular weight is 241 g/mol. The number of rotatable bonds is 5. The van der Waals surface area contributed by atoms with Gasteiger partial charge < -0.3 is 4.74 Å². The first-order chi connectivity index (χ1) is 8.02. The molecular formula is C14H24FNO. The summed E-state index contributed by atoms with van der Waals surface area (Å²) in [5.41, 5.74) is -1.15. The van der Waals surface area contributed by atoms with E-state index >= 15 is 0 Å². The van der Waals surface area contributed by atoms with Gasteiger partial charge in [0.25, 0.3) is 0 Å². The Hall–Kier alpha value is -0.600. The topological polar surface area (TPSA) is 21.6 Å². The van der Waals surface area contributed by atoms with Crippen LogP contribution in [-0.2, 0) is 4.74 Å². The minimum atomic E-state index is -1.15. The van der Waals surface area contributed by atoms with Gasteiger partial charge in [0.15, 0.2) is 5.90 Å². The molecular weight excluding hydrogens is 217 g/mol. The van der Waals surface area contributed by atoms with Crippen LogP contribution in [0.2, 0.25) is 0 Å². The number of fused-ring (bicyclic) bond motifs is 1. The Morgan fingerprint density at radius 2 is 2.12 bits per heavy atom. The van der Waals surface area contributed by atoms with E-state index in [0.29, 0.717) is 0 Å². The molecule has 0 bridgehead atoms. The highest BCUT2D eigenvalue weighted by Gasteiger charge is 2.49. The van der Waals surface area contributed by atoms with Crippen LogP contribution in [0.1, 0.15) is 59.3 Å². The van der Waals surface area contributed by atoms with E-state index in [0.717, 1.165) is 31.6 Å². The molecule has 0 saturated heterocycles. The summed E-state index contributed by atoms with van der Waals surface area (Å²) < 4.78 is 19.9. The van der Waals surface area contributed by atoms with Crippen LogP contribution in [0.4, 0.5) is 4.39 Å². The summed E-state index contributed by atoms with van der Waals surface area (Å²) in [6.45, 7) is 5.52. The van der Waals surface area contributed by atoms with E-state index in [9.17, 15) is 4.39 Å². The molecule has 0 N–H and O–H groups in total. The third kappa shape index (κ3) is 2.80. The van der Waals surface area contributed by atoms with Gasteiger partial charge in [-0.15, -0.1) is 0 Å². The van der Waals surface area contributed by atoms with Crippen LogP contribution in [0.3, 0.4) is 0 Å². The highest BCUT2D eigenvalue weighted by atomic mass is 19.1. The molecule has 1 heterocycles. The van der Waals surface area contributed by atoms with E-state index in [-0.39, 0.29) is 18.1 Å². The van der Waals surface area contributed by atoms with Crippen molar-refractivity contribution in [3.8, 4) is 0 Å². The fraction of sp³-hybridized carbons (Fsp3) is 0.929. The van der Waals surface area contributed by atoms with Crippen molar-refractivity contribution in [2.45, 2.75) is 77.1 Å². The fourth-order valence-electron chi connectivity index (χ4n) is 3.00. The van der Waals surface area contributed by atoms with Crippen LogP contribution in [0.15, 0.2) is 4.99 Å². The van der Waals surface area contributed by atoms with Crippen LogP contribution in [0, 0.1) is 5.92 Å². The summed E-state index contributed by atoms with van der Waals surface area (Å²) in [5, 5.41) is 0. The number of ether oxygens (including phenoxy) is 1. The fourth-order valence-corrected chi connectivity index (χ4v) is 3.00. The van der Waals surface area contributed by atoms with Crippen LogP contribution in [0.25, 0.3) is 0 Å². The molecule has 0 aromatic rings. The molecule has 1 saturated carbocycles. The second kappa shape index (κ2) is 4.95. The van der Waals surface area contributed by atoms with Crippen molar-refractivity contribution >= 4 is 5.90 Å². The SMILES string of the molecule is CCCCCC1=N[C@H]2CC[C@H](C(C)(C)F)[C@H]2O1. The molecule has 2 aliphatic rings. The molecule has 3 atom stereocenters. The number of aliphatic imine (C=N–C) groups is 1. The lowest BCUT2D eigenvalue weighted by molar-refractivity contribution is 0.0420. The van der Waals surface area contributed by atoms with Crippen LogP contribution < -0.4 is 0 Å². The summed E-state index contributed by atoms with van der Waals surface area (Å²) in [4.78, 5) is 4.61. The summed E-state index contributed by atoms with van der Waals surface area (Å²) in [6, 6.07) is 0.228. The molecule has 17 heavy (non-hydrogen) atoms. The largest absolute Gasteiger partial charge is 0.475 e. The van der Waals surface area contributed by atoms with Crippen molar-refractivity contribution < 1.29 is 9.13 Å². The number of hydrogen-bond donors (Lipinski definition) is 0. The Kier molecular flexibility index (Phi) is 3.74. The molecule has 0 radical (unpaired) electrons. The summed E-state index contributed by atoms with van der Waals surface area (Å²) in [7, 11) is 0. The molecule has 0 aromatic carbocycles. The minimum Gasteiger partial charge on any atom is -0.475 e. The second-order valence-corrected chi connectivity index (χ2v) is 5.88. The molecule has 1 aliphatic heterocycles. The van der Waals surface area contributed by atoms with E-state index in [1.165, 1.54) is 12.8 Å². The van der Waals surface area contributed by atoms with Gasteiger partial charge in [-0.3, -0.25) is 0 Å². The molecule has 3 heteroatoms. The zero-order valence-corrected chi connectivity index (χ0v) is 11.2. The molecule has 0 unspecified atom stereocenters. The van der Waals surface area contributed by atoms with Gasteiger partial charge in [-0.25, -0.2) is 9.38 Å². The van der Waals surface area contributed by atoms with E-state index in [1.807, 2.05) is 0 Å². The first kappa shape index (κ1) is 12.8. The van der Waals surface area contributed by atoms with Crippen molar-refractivity contribution in [1.29, 1.82) is 0 Å². The number of alkyl halides is 1. The molecule has 1 aliphatic carbocycles. The third-order valence-electron chi connectivity index (χ3n) is 4.01. The Bertz CT molecular complexity index is 295. The Morgan fingerprint density at radius 3 is 2.76 bits per heavy atom. The van der Waals surface area contributed by atoms with Crippen molar-refractivity contribution in [3.63, 3.8) is 0 Å². The Balaban J connectivity index is 1.89. The Labute approximate surface area is 104 Å². The zero-order chi connectivity index (χ0) is 12.5. The van der Waals surface area contributed by atoms with Crippen molar-refractivity contribution in [3.05, 3.63) is 0 Å². The van der Waals surface area contributed by atoms with Gasteiger partial charge in [-0.2, -0.15) is 0 Å². The number of halogens is 1. The quantitative estimate of drug-likeness (QED) is 0.669. The normalized spacial score (nSPS) is 32.2. The molecule has 1 fully saturated rings. The molecule has 2 nitrogen and oxygen atoms in total. The Morgan fingerprint density at radius 1 is 1.35 bits per heavy atom. The van der Waals surface area contributed by atoms with Gasteiger partial charge in [0.2, 0.25) is 0 Å². The lowest BCUT2D eigenvalue weighted by Gasteiger charge is -2.27. The van der Waals surface area contributed by atoms with Gasteiger partial charge in [0.1, 0.15) is 11.8 Å². The first-order valence-corrected chi connectivity index (χ1v) is 6.94. The van der Waals surface area contributed by atoms with Gasteiger partial charge in [-0.1, -0.05) is 19.8 Å². The molecule has 0 amide bonds. The van der Waals surface area contributed by atoms with Crippen LogP contribution >= 0.6 is 0 Å². The lowest BCUT2D eigenvalue weighted by atomic mass is 9.89. The van der Waals surface area contributed by atoms with E-state index < -0.39 is 5.67 Å². The third-order valence-corrected chi connectivity index (χ3v) is 4.01. The summed E-state index contributed by atoms with van der Waals surface area (Å²) >= 11 is 0. The minimum absolute atomic E-state index is 0.00614. The number of hydrogen-bond acceptors (Lipinski definition) is 2. The van der Waals surface area contributed by atoms with E-state index in [4.69, 9.17) is 4.74 Å².